The molecule has 21 heavy (non-hydrogen) atoms. The fourth-order valence-electron chi connectivity index (χ4n) is 1.52. The van der Waals surface area contributed by atoms with Crippen LogP contribution in [-0.2, 0) is 14.8 Å². The third kappa shape index (κ3) is 3.88. The monoisotopic (exact) mass is 321 g/mol. The lowest BCUT2D eigenvalue weighted by Crippen LogP contribution is -2.43. The predicted molar refractivity (Wildman–Crippen MR) is 73.8 cm³/mol. The van der Waals surface area contributed by atoms with Gasteiger partial charge in [0.05, 0.1) is 11.1 Å². The molecule has 0 fully saturated rings. The molecular weight excluding hydrogens is 304 g/mol. The Balaban J connectivity index is 3.03. The molecule has 0 aliphatic carbocycles. The van der Waals surface area contributed by atoms with Crippen molar-refractivity contribution in [3.8, 4) is 0 Å². The SMILES string of the molecule is CNC(=O)C(C)(C)CNS(=O)(=O)c1cc(N)c(F)cc1F. The molecule has 1 amide bonds. The topological polar surface area (TPSA) is 101 Å². The van der Waals surface area contributed by atoms with Crippen LogP contribution in [0.25, 0.3) is 0 Å². The molecule has 1 aromatic rings. The van der Waals surface area contributed by atoms with Gasteiger partial charge < -0.3 is 11.1 Å². The summed E-state index contributed by atoms with van der Waals surface area (Å²) < 4.78 is 52.8. The van der Waals surface area contributed by atoms with E-state index in [2.05, 4.69) is 10.0 Å². The molecule has 0 radical (unpaired) electrons. The third-order valence-electron chi connectivity index (χ3n) is 2.89. The van der Waals surface area contributed by atoms with E-state index in [1.165, 1.54) is 20.9 Å². The first-order chi connectivity index (χ1) is 9.51. The standard InChI is InChI=1S/C12H17F2N3O3S/c1-12(2,11(18)16-3)6-17-21(19,20)10-5-9(15)7(13)4-8(10)14/h4-5,17H,6,15H2,1-3H3,(H,16,18). The average Bonchev–Trinajstić information content (AvgIpc) is 2.39. The van der Waals surface area contributed by atoms with Gasteiger partial charge in [-0.25, -0.2) is 21.9 Å². The van der Waals surface area contributed by atoms with Crippen molar-refractivity contribution < 1.29 is 22.0 Å². The van der Waals surface area contributed by atoms with Crippen molar-refractivity contribution in [2.45, 2.75) is 18.7 Å². The number of nitrogens with one attached hydrogen (secondary N) is 2. The minimum absolute atomic E-state index is 0.258. The number of benzene rings is 1. The van der Waals surface area contributed by atoms with Gasteiger partial charge in [-0.15, -0.1) is 0 Å². The number of rotatable bonds is 5. The van der Waals surface area contributed by atoms with E-state index in [1.807, 2.05) is 0 Å². The largest absolute Gasteiger partial charge is 0.396 e. The molecule has 118 valence electrons. The summed E-state index contributed by atoms with van der Waals surface area (Å²) in [4.78, 5) is 10.8. The number of anilines is 1. The van der Waals surface area contributed by atoms with E-state index < -0.39 is 37.7 Å². The number of hydrogen-bond donors (Lipinski definition) is 3. The summed E-state index contributed by atoms with van der Waals surface area (Å²) in [6.45, 7) is 2.78. The van der Waals surface area contributed by atoms with Crippen molar-refractivity contribution in [3.63, 3.8) is 0 Å². The number of amides is 1. The van der Waals surface area contributed by atoms with Crippen molar-refractivity contribution >= 4 is 21.6 Å². The van der Waals surface area contributed by atoms with Crippen LogP contribution in [0.3, 0.4) is 0 Å². The minimum Gasteiger partial charge on any atom is -0.396 e. The van der Waals surface area contributed by atoms with E-state index in [0.717, 1.165) is 0 Å². The molecule has 0 atom stereocenters. The summed E-state index contributed by atoms with van der Waals surface area (Å²) in [6, 6.07) is 1.09. The second-order valence-corrected chi connectivity index (χ2v) is 6.83. The quantitative estimate of drug-likeness (QED) is 0.691. The summed E-state index contributed by atoms with van der Waals surface area (Å²) in [6.07, 6.45) is 0. The molecule has 0 unspecified atom stereocenters. The maximum atomic E-state index is 13.6. The average molecular weight is 321 g/mol. The second-order valence-electron chi connectivity index (χ2n) is 5.09. The van der Waals surface area contributed by atoms with E-state index in [4.69, 9.17) is 5.73 Å². The molecule has 9 heteroatoms. The Morgan fingerprint density at radius 2 is 1.86 bits per heavy atom. The molecule has 0 heterocycles. The molecule has 0 aliphatic heterocycles. The normalized spacial score (nSPS) is 12.2. The van der Waals surface area contributed by atoms with Crippen molar-refractivity contribution in [2.75, 3.05) is 19.3 Å². The Morgan fingerprint density at radius 3 is 2.38 bits per heavy atom. The van der Waals surface area contributed by atoms with E-state index in [1.54, 1.807) is 0 Å². The first kappa shape index (κ1) is 17.3. The fourth-order valence-corrected chi connectivity index (χ4v) is 2.83. The lowest BCUT2D eigenvalue weighted by atomic mass is 9.93. The lowest BCUT2D eigenvalue weighted by molar-refractivity contribution is -0.128. The maximum absolute atomic E-state index is 13.6. The smallest absolute Gasteiger partial charge is 0.243 e. The molecule has 0 aliphatic rings. The minimum atomic E-state index is -4.26. The number of sulfonamides is 1. The molecule has 4 N–H and O–H groups in total. The van der Waals surface area contributed by atoms with E-state index in [9.17, 15) is 22.0 Å². The maximum Gasteiger partial charge on any atom is 0.243 e. The van der Waals surface area contributed by atoms with E-state index in [0.29, 0.717) is 12.1 Å². The van der Waals surface area contributed by atoms with Gasteiger partial charge in [0.1, 0.15) is 16.5 Å². The van der Waals surface area contributed by atoms with Crippen LogP contribution in [0.2, 0.25) is 0 Å². The Hall–Kier alpha value is -1.74. The van der Waals surface area contributed by atoms with Crippen molar-refractivity contribution in [1.82, 2.24) is 10.0 Å². The predicted octanol–water partition coefficient (Wildman–Crippen LogP) is 0.598. The highest BCUT2D eigenvalue weighted by Crippen LogP contribution is 2.22. The van der Waals surface area contributed by atoms with Crippen LogP contribution >= 0.6 is 0 Å². The van der Waals surface area contributed by atoms with Gasteiger partial charge in [-0.1, -0.05) is 0 Å². The van der Waals surface area contributed by atoms with Crippen LogP contribution in [0.4, 0.5) is 14.5 Å². The van der Waals surface area contributed by atoms with Gasteiger partial charge in [-0.05, 0) is 19.9 Å². The first-order valence-electron chi connectivity index (χ1n) is 5.97. The third-order valence-corrected chi connectivity index (χ3v) is 4.30. The highest BCUT2D eigenvalue weighted by atomic mass is 32.2. The van der Waals surface area contributed by atoms with Crippen LogP contribution in [0.1, 0.15) is 13.8 Å². The molecule has 6 nitrogen and oxygen atoms in total. The highest BCUT2D eigenvalue weighted by molar-refractivity contribution is 7.89. The Bertz CT molecular complexity index is 660. The van der Waals surface area contributed by atoms with Crippen LogP contribution in [0.15, 0.2) is 17.0 Å². The molecule has 0 saturated heterocycles. The highest BCUT2D eigenvalue weighted by Gasteiger charge is 2.30. The zero-order valence-electron chi connectivity index (χ0n) is 11.8. The number of carbonyl (C=O) groups is 1. The van der Waals surface area contributed by atoms with Gasteiger partial charge in [-0.2, -0.15) is 0 Å². The fraction of sp³-hybridized carbons (Fsp3) is 0.417. The van der Waals surface area contributed by atoms with E-state index >= 15 is 0 Å². The van der Waals surface area contributed by atoms with Crippen molar-refractivity contribution in [3.05, 3.63) is 23.8 Å². The Morgan fingerprint density at radius 1 is 1.29 bits per heavy atom. The Labute approximate surface area is 121 Å². The zero-order valence-corrected chi connectivity index (χ0v) is 12.6. The van der Waals surface area contributed by atoms with Crippen molar-refractivity contribution in [1.29, 1.82) is 0 Å². The summed E-state index contributed by atoms with van der Waals surface area (Å²) in [7, 11) is -2.84. The summed E-state index contributed by atoms with van der Waals surface area (Å²) in [5, 5.41) is 2.39. The molecular formula is C12H17F2N3O3S. The van der Waals surface area contributed by atoms with Gasteiger partial charge in [0.2, 0.25) is 15.9 Å². The van der Waals surface area contributed by atoms with Crippen LogP contribution in [-0.4, -0.2) is 27.9 Å². The summed E-state index contributed by atoms with van der Waals surface area (Å²) >= 11 is 0. The number of hydrogen-bond acceptors (Lipinski definition) is 4. The molecule has 0 aromatic heterocycles. The van der Waals surface area contributed by atoms with Crippen LogP contribution < -0.4 is 15.8 Å². The molecule has 0 spiro atoms. The summed E-state index contributed by atoms with van der Waals surface area (Å²) in [5.41, 5.74) is 3.72. The zero-order chi connectivity index (χ0) is 16.4. The van der Waals surface area contributed by atoms with Gasteiger partial charge in [0.15, 0.2) is 0 Å². The van der Waals surface area contributed by atoms with E-state index in [-0.39, 0.29) is 12.5 Å². The number of carbonyl (C=O) groups excluding carboxylic acids is 1. The first-order valence-corrected chi connectivity index (χ1v) is 7.46. The van der Waals surface area contributed by atoms with Crippen molar-refractivity contribution in [2.24, 2.45) is 5.41 Å². The van der Waals surface area contributed by atoms with Crippen LogP contribution in [0.5, 0.6) is 0 Å². The Kier molecular flexibility index (Phi) is 4.90. The molecule has 0 saturated carbocycles. The van der Waals surface area contributed by atoms with Gasteiger partial charge in [0.25, 0.3) is 0 Å². The molecule has 1 rings (SSSR count). The second kappa shape index (κ2) is 5.94. The number of nitrogens with two attached hydrogens (primary N) is 1. The molecule has 1 aromatic carbocycles. The van der Waals surface area contributed by atoms with Gasteiger partial charge >= 0.3 is 0 Å². The van der Waals surface area contributed by atoms with Crippen LogP contribution in [0, 0.1) is 17.0 Å². The summed E-state index contributed by atoms with van der Waals surface area (Å²) in [5.74, 6) is -2.69. The number of halogens is 2. The van der Waals surface area contributed by atoms with Gasteiger partial charge in [0, 0.05) is 19.7 Å². The number of nitrogen functional groups attached to an aromatic ring is 1. The molecule has 0 bridgehead atoms. The van der Waals surface area contributed by atoms with Gasteiger partial charge in [-0.3, -0.25) is 4.79 Å². The lowest BCUT2D eigenvalue weighted by Gasteiger charge is -2.22.